The van der Waals surface area contributed by atoms with Gasteiger partial charge in [-0.2, -0.15) is 0 Å². The zero-order valence-electron chi connectivity index (χ0n) is 12.4. The summed E-state index contributed by atoms with van der Waals surface area (Å²) in [5, 5.41) is 8.59. The standard InChI is InChI=1S/C17H13IN4O/c1-21-16-13-8-4-5-9-14(13)22(17(18)23)10-11-6-2-3-7-12(11)15(16)19-20-21/h2-9H,10H2,1H3. The first-order valence-corrected chi connectivity index (χ1v) is 8.29. The number of benzene rings is 2. The number of halogens is 1. The molecule has 4 rings (SSSR count). The minimum Gasteiger partial charge on any atom is -0.299 e. The molecular formula is C17H13IN4O. The van der Waals surface area contributed by atoms with Crippen LogP contribution in [-0.4, -0.2) is 18.9 Å². The second-order valence-corrected chi connectivity index (χ2v) is 6.35. The van der Waals surface area contributed by atoms with E-state index >= 15 is 0 Å². The van der Waals surface area contributed by atoms with E-state index in [1.54, 1.807) is 9.58 Å². The molecule has 0 radical (unpaired) electrons. The first kappa shape index (κ1) is 14.4. The van der Waals surface area contributed by atoms with Crippen molar-refractivity contribution >= 4 is 32.2 Å². The molecule has 23 heavy (non-hydrogen) atoms. The maximum absolute atomic E-state index is 12.2. The van der Waals surface area contributed by atoms with Crippen molar-refractivity contribution in [1.82, 2.24) is 15.0 Å². The minimum absolute atomic E-state index is 0.0107. The zero-order chi connectivity index (χ0) is 16.0. The van der Waals surface area contributed by atoms with Gasteiger partial charge in [0.15, 0.2) is 0 Å². The molecule has 0 aliphatic carbocycles. The van der Waals surface area contributed by atoms with Crippen LogP contribution in [0.15, 0.2) is 48.5 Å². The van der Waals surface area contributed by atoms with Gasteiger partial charge in [0.05, 0.1) is 17.9 Å². The largest absolute Gasteiger partial charge is 0.299 e. The van der Waals surface area contributed by atoms with E-state index in [0.717, 1.165) is 33.8 Å². The molecule has 6 heteroatoms. The minimum atomic E-state index is -0.0107. The average molecular weight is 416 g/mol. The summed E-state index contributed by atoms with van der Waals surface area (Å²) in [5.41, 5.74) is 5.72. The van der Waals surface area contributed by atoms with Gasteiger partial charge < -0.3 is 0 Å². The molecule has 0 N–H and O–H groups in total. The lowest BCUT2D eigenvalue weighted by Gasteiger charge is -2.26. The first-order valence-electron chi connectivity index (χ1n) is 7.21. The molecule has 1 amide bonds. The van der Waals surface area contributed by atoms with Crippen LogP contribution in [0.3, 0.4) is 0 Å². The summed E-state index contributed by atoms with van der Waals surface area (Å²) in [4.78, 5) is 14.0. The molecular weight excluding hydrogens is 403 g/mol. The highest BCUT2D eigenvalue weighted by Gasteiger charge is 2.27. The third kappa shape index (κ3) is 2.24. The number of fused-ring (bicyclic) bond motifs is 5. The van der Waals surface area contributed by atoms with E-state index in [-0.39, 0.29) is 3.91 Å². The molecule has 5 nitrogen and oxygen atoms in total. The van der Waals surface area contributed by atoms with E-state index in [1.807, 2.05) is 78.2 Å². The Morgan fingerprint density at radius 1 is 1.09 bits per heavy atom. The highest BCUT2D eigenvalue weighted by Crippen LogP contribution is 2.40. The Kier molecular flexibility index (Phi) is 3.41. The Labute approximate surface area is 147 Å². The predicted molar refractivity (Wildman–Crippen MR) is 97.5 cm³/mol. The molecule has 0 saturated carbocycles. The van der Waals surface area contributed by atoms with E-state index < -0.39 is 0 Å². The van der Waals surface area contributed by atoms with Gasteiger partial charge in [-0.25, -0.2) is 4.68 Å². The van der Waals surface area contributed by atoms with E-state index in [9.17, 15) is 4.79 Å². The van der Waals surface area contributed by atoms with Crippen LogP contribution in [0.5, 0.6) is 0 Å². The Hall–Kier alpha value is -2.22. The number of hydrogen-bond donors (Lipinski definition) is 0. The van der Waals surface area contributed by atoms with Crippen LogP contribution in [0, 0.1) is 0 Å². The van der Waals surface area contributed by atoms with Gasteiger partial charge in [0, 0.05) is 40.8 Å². The van der Waals surface area contributed by atoms with Gasteiger partial charge in [-0.15, -0.1) is 5.10 Å². The molecule has 0 saturated heterocycles. The summed E-state index contributed by atoms with van der Waals surface area (Å²) in [6, 6.07) is 15.9. The summed E-state index contributed by atoms with van der Waals surface area (Å²) in [6.07, 6.45) is 0. The molecule has 1 aliphatic heterocycles. The molecule has 0 fully saturated rings. The number of amides is 1. The number of hydrogen-bond acceptors (Lipinski definition) is 3. The van der Waals surface area contributed by atoms with Gasteiger partial charge in [0.25, 0.3) is 3.91 Å². The highest BCUT2D eigenvalue weighted by atomic mass is 127. The topological polar surface area (TPSA) is 51.0 Å². The molecule has 2 heterocycles. The lowest BCUT2D eigenvalue weighted by molar-refractivity contribution is 0.267. The van der Waals surface area contributed by atoms with Crippen LogP contribution in [0.25, 0.3) is 22.5 Å². The fraction of sp³-hybridized carbons (Fsp3) is 0.118. The van der Waals surface area contributed by atoms with E-state index in [1.165, 1.54) is 0 Å². The number of para-hydroxylation sites is 1. The van der Waals surface area contributed by atoms with Crippen LogP contribution in [0.2, 0.25) is 0 Å². The van der Waals surface area contributed by atoms with Crippen molar-refractivity contribution in [1.29, 1.82) is 0 Å². The number of nitrogens with zero attached hydrogens (tertiary/aromatic N) is 4. The van der Waals surface area contributed by atoms with Gasteiger partial charge in [-0.1, -0.05) is 47.7 Å². The normalized spacial score (nSPS) is 12.7. The van der Waals surface area contributed by atoms with Crippen molar-refractivity contribution in [3.63, 3.8) is 0 Å². The number of aryl methyl sites for hydroxylation is 1. The van der Waals surface area contributed by atoms with Crippen LogP contribution in [0.4, 0.5) is 10.5 Å². The van der Waals surface area contributed by atoms with Crippen LogP contribution in [0.1, 0.15) is 5.56 Å². The Bertz CT molecular complexity index is 918. The second kappa shape index (κ2) is 5.45. The monoisotopic (exact) mass is 416 g/mol. The third-order valence-electron chi connectivity index (χ3n) is 4.09. The van der Waals surface area contributed by atoms with Crippen molar-refractivity contribution in [2.24, 2.45) is 7.05 Å². The van der Waals surface area contributed by atoms with Crippen LogP contribution in [-0.2, 0) is 13.6 Å². The van der Waals surface area contributed by atoms with Gasteiger partial charge >= 0.3 is 0 Å². The third-order valence-corrected chi connectivity index (χ3v) is 4.67. The van der Waals surface area contributed by atoms with Crippen LogP contribution < -0.4 is 4.90 Å². The summed E-state index contributed by atoms with van der Waals surface area (Å²) in [6.45, 7) is 0.519. The summed E-state index contributed by atoms with van der Waals surface area (Å²) < 4.78 is 1.76. The molecule has 114 valence electrons. The van der Waals surface area contributed by atoms with E-state index in [2.05, 4.69) is 10.3 Å². The van der Waals surface area contributed by atoms with Gasteiger partial charge in [0.2, 0.25) is 0 Å². The van der Waals surface area contributed by atoms with Crippen molar-refractivity contribution in [2.45, 2.75) is 6.54 Å². The number of carbonyl (C=O) groups excluding carboxylic acids is 1. The maximum Gasteiger partial charge on any atom is 0.287 e. The molecule has 2 aromatic carbocycles. The van der Waals surface area contributed by atoms with Crippen LogP contribution >= 0.6 is 22.6 Å². The quantitative estimate of drug-likeness (QED) is 0.316. The smallest absolute Gasteiger partial charge is 0.287 e. The Balaban J connectivity index is 2.11. The SMILES string of the molecule is Cn1nnc2c1-c1ccccc1N(C(=O)I)Cc1ccccc1-2. The fourth-order valence-electron chi connectivity index (χ4n) is 3.05. The number of rotatable bonds is 0. The number of anilines is 1. The molecule has 3 aromatic rings. The number of aromatic nitrogens is 3. The predicted octanol–water partition coefficient (Wildman–Crippen LogP) is 4.02. The van der Waals surface area contributed by atoms with E-state index in [0.29, 0.717) is 6.54 Å². The average Bonchev–Trinajstić information content (AvgIpc) is 2.92. The fourth-order valence-corrected chi connectivity index (χ4v) is 3.48. The molecule has 1 aromatic heterocycles. The van der Waals surface area contributed by atoms with Crippen molar-refractivity contribution in [3.05, 3.63) is 54.1 Å². The zero-order valence-corrected chi connectivity index (χ0v) is 14.6. The molecule has 0 unspecified atom stereocenters. The Morgan fingerprint density at radius 2 is 1.78 bits per heavy atom. The summed E-state index contributed by atoms with van der Waals surface area (Å²) in [7, 11) is 1.88. The molecule has 0 spiro atoms. The lowest BCUT2D eigenvalue weighted by Crippen LogP contribution is -2.26. The van der Waals surface area contributed by atoms with Gasteiger partial charge in [-0.05, 0) is 11.6 Å². The lowest BCUT2D eigenvalue weighted by atomic mass is 9.96. The van der Waals surface area contributed by atoms with Crippen molar-refractivity contribution in [2.75, 3.05) is 4.90 Å². The summed E-state index contributed by atoms with van der Waals surface area (Å²) in [5.74, 6) is 0. The molecule has 0 bridgehead atoms. The first-order chi connectivity index (χ1) is 11.2. The van der Waals surface area contributed by atoms with Gasteiger partial charge in [-0.3, -0.25) is 9.69 Å². The summed E-state index contributed by atoms with van der Waals surface area (Å²) >= 11 is 1.84. The van der Waals surface area contributed by atoms with Crippen molar-refractivity contribution in [3.8, 4) is 22.5 Å². The molecule has 0 atom stereocenters. The number of carbonyl (C=O) groups is 1. The maximum atomic E-state index is 12.2. The highest BCUT2D eigenvalue weighted by molar-refractivity contribution is 14.1. The Morgan fingerprint density at radius 3 is 2.57 bits per heavy atom. The van der Waals surface area contributed by atoms with E-state index in [4.69, 9.17) is 0 Å². The second-order valence-electron chi connectivity index (χ2n) is 5.42. The van der Waals surface area contributed by atoms with Crippen molar-refractivity contribution < 1.29 is 4.79 Å². The van der Waals surface area contributed by atoms with Gasteiger partial charge in [0.1, 0.15) is 5.69 Å². The molecule has 1 aliphatic rings.